The summed E-state index contributed by atoms with van der Waals surface area (Å²) in [5, 5.41) is 18.6. The molecule has 100 valence electrons. The Balaban J connectivity index is 3.61. The number of hydrogen-bond acceptors (Lipinski definition) is 7. The number of aliphatic hydroxyl groups excluding tert-OH is 2. The Kier molecular flexibility index (Phi) is 8.29. The number of esters is 2. The van der Waals surface area contributed by atoms with Gasteiger partial charge in [0.05, 0.1) is 52.5 Å². The van der Waals surface area contributed by atoms with Crippen molar-refractivity contribution in [1.29, 1.82) is 0 Å². The summed E-state index contributed by atoms with van der Waals surface area (Å²) in [6.45, 7) is -0.235. The van der Waals surface area contributed by atoms with E-state index in [1.807, 2.05) is 0 Å². The van der Waals surface area contributed by atoms with Crippen LogP contribution in [-0.2, 0) is 23.8 Å². The van der Waals surface area contributed by atoms with Crippen LogP contribution in [0, 0.1) is 0 Å². The van der Waals surface area contributed by atoms with Crippen LogP contribution >= 0.6 is 0 Å². The zero-order chi connectivity index (χ0) is 13.3. The number of carbonyl (C=O) groups is 2. The molecule has 2 atom stereocenters. The average Bonchev–Trinajstić information content (AvgIpc) is 2.28. The molecular weight excluding hydrogens is 232 g/mol. The molecule has 0 amide bonds. The van der Waals surface area contributed by atoms with Crippen molar-refractivity contribution >= 4 is 11.9 Å². The second-order valence-corrected chi connectivity index (χ2v) is 3.41. The van der Waals surface area contributed by atoms with Crippen LogP contribution in [0.1, 0.15) is 12.8 Å². The van der Waals surface area contributed by atoms with Gasteiger partial charge in [0.2, 0.25) is 0 Å². The van der Waals surface area contributed by atoms with Gasteiger partial charge in [-0.05, 0) is 0 Å². The standard InChI is InChI=1S/C10H18O7/c1-15-9(13)3-7(11)5-17-6-8(12)4-10(14)16-2/h7-8,11-12H,3-6H2,1-2H3. The number of carbonyl (C=O) groups excluding carboxylic acids is 2. The van der Waals surface area contributed by atoms with E-state index in [0.717, 1.165) is 0 Å². The molecule has 0 bridgehead atoms. The van der Waals surface area contributed by atoms with E-state index in [2.05, 4.69) is 9.47 Å². The second kappa shape index (κ2) is 8.91. The zero-order valence-electron chi connectivity index (χ0n) is 9.92. The third kappa shape index (κ3) is 8.61. The molecule has 0 saturated carbocycles. The van der Waals surface area contributed by atoms with Gasteiger partial charge in [0, 0.05) is 0 Å². The van der Waals surface area contributed by atoms with Crippen LogP contribution in [0.5, 0.6) is 0 Å². The maximum atomic E-state index is 10.8. The van der Waals surface area contributed by atoms with Gasteiger partial charge in [0.15, 0.2) is 0 Å². The summed E-state index contributed by atoms with van der Waals surface area (Å²) in [5.74, 6) is -1.09. The molecule has 0 aliphatic rings. The van der Waals surface area contributed by atoms with Crippen molar-refractivity contribution in [3.05, 3.63) is 0 Å². The van der Waals surface area contributed by atoms with Gasteiger partial charge >= 0.3 is 11.9 Å². The summed E-state index contributed by atoms with van der Waals surface area (Å²) >= 11 is 0. The molecule has 0 heterocycles. The summed E-state index contributed by atoms with van der Waals surface area (Å²) in [6.07, 6.45) is -2.34. The first-order valence-electron chi connectivity index (χ1n) is 5.07. The van der Waals surface area contributed by atoms with Crippen LogP contribution in [-0.4, -0.2) is 61.8 Å². The molecule has 0 spiro atoms. The molecule has 0 aromatic heterocycles. The number of methoxy groups -OCH3 is 2. The second-order valence-electron chi connectivity index (χ2n) is 3.41. The first-order valence-corrected chi connectivity index (χ1v) is 5.07. The maximum absolute atomic E-state index is 10.8. The van der Waals surface area contributed by atoms with E-state index in [9.17, 15) is 19.8 Å². The van der Waals surface area contributed by atoms with Gasteiger partial charge in [-0.25, -0.2) is 0 Å². The molecule has 0 rings (SSSR count). The number of aliphatic hydroxyl groups is 2. The number of ether oxygens (including phenoxy) is 3. The quantitative estimate of drug-likeness (QED) is 0.524. The summed E-state index contributed by atoms with van der Waals surface area (Å²) in [7, 11) is 2.44. The smallest absolute Gasteiger partial charge is 0.308 e. The molecule has 0 aliphatic carbocycles. The maximum Gasteiger partial charge on any atom is 0.308 e. The van der Waals surface area contributed by atoms with E-state index in [0.29, 0.717) is 0 Å². The summed E-state index contributed by atoms with van der Waals surface area (Å²) in [4.78, 5) is 21.5. The molecule has 2 N–H and O–H groups in total. The highest BCUT2D eigenvalue weighted by Crippen LogP contribution is 1.98. The lowest BCUT2D eigenvalue weighted by atomic mass is 10.2. The van der Waals surface area contributed by atoms with E-state index in [1.165, 1.54) is 14.2 Å². The van der Waals surface area contributed by atoms with Crippen LogP contribution < -0.4 is 0 Å². The minimum Gasteiger partial charge on any atom is -0.469 e. The van der Waals surface area contributed by atoms with E-state index in [1.54, 1.807) is 0 Å². The summed E-state index contributed by atoms with van der Waals surface area (Å²) < 4.78 is 13.6. The zero-order valence-corrected chi connectivity index (χ0v) is 9.92. The fraction of sp³-hybridized carbons (Fsp3) is 0.800. The molecule has 7 heteroatoms. The monoisotopic (exact) mass is 250 g/mol. The van der Waals surface area contributed by atoms with E-state index < -0.39 is 24.1 Å². The van der Waals surface area contributed by atoms with Crippen LogP contribution in [0.15, 0.2) is 0 Å². The van der Waals surface area contributed by atoms with Crippen molar-refractivity contribution in [3.63, 3.8) is 0 Å². The van der Waals surface area contributed by atoms with Crippen molar-refractivity contribution < 1.29 is 34.0 Å². The molecule has 0 saturated heterocycles. The van der Waals surface area contributed by atoms with Gasteiger partial charge in [-0.1, -0.05) is 0 Å². The fourth-order valence-corrected chi connectivity index (χ4v) is 1.01. The van der Waals surface area contributed by atoms with Crippen molar-refractivity contribution in [2.45, 2.75) is 25.0 Å². The number of hydrogen-bond donors (Lipinski definition) is 2. The van der Waals surface area contributed by atoms with Crippen LogP contribution in [0.3, 0.4) is 0 Å². The Bertz CT molecular complexity index is 217. The highest BCUT2D eigenvalue weighted by atomic mass is 16.5. The Morgan fingerprint density at radius 2 is 1.29 bits per heavy atom. The topological polar surface area (TPSA) is 102 Å². The van der Waals surface area contributed by atoms with Gasteiger partial charge in [-0.3, -0.25) is 9.59 Å². The molecule has 17 heavy (non-hydrogen) atoms. The molecule has 2 unspecified atom stereocenters. The third-order valence-electron chi connectivity index (χ3n) is 1.88. The van der Waals surface area contributed by atoms with E-state index in [-0.39, 0.29) is 26.1 Å². The minimum absolute atomic E-state index is 0.118. The van der Waals surface area contributed by atoms with Gasteiger partial charge in [0.25, 0.3) is 0 Å². The predicted molar refractivity (Wildman–Crippen MR) is 56.1 cm³/mol. The predicted octanol–water partition coefficient (Wildman–Crippen LogP) is -1.15. The average molecular weight is 250 g/mol. The minimum atomic E-state index is -0.993. The molecular formula is C10H18O7. The molecule has 0 aromatic rings. The molecule has 7 nitrogen and oxygen atoms in total. The Morgan fingerprint density at radius 1 is 0.941 bits per heavy atom. The van der Waals surface area contributed by atoms with Crippen molar-refractivity contribution in [2.75, 3.05) is 27.4 Å². The molecule has 0 aliphatic heterocycles. The number of rotatable bonds is 8. The Morgan fingerprint density at radius 3 is 1.59 bits per heavy atom. The lowest BCUT2D eigenvalue weighted by molar-refractivity contribution is -0.144. The normalized spacial score (nSPS) is 13.9. The van der Waals surface area contributed by atoms with Crippen LogP contribution in [0.2, 0.25) is 0 Å². The van der Waals surface area contributed by atoms with Gasteiger partial charge < -0.3 is 24.4 Å². The summed E-state index contributed by atoms with van der Waals surface area (Å²) in [6, 6.07) is 0. The molecule has 0 aromatic carbocycles. The van der Waals surface area contributed by atoms with Gasteiger partial charge in [-0.15, -0.1) is 0 Å². The molecule has 0 fully saturated rings. The van der Waals surface area contributed by atoms with E-state index in [4.69, 9.17) is 4.74 Å². The SMILES string of the molecule is COC(=O)CC(O)COCC(O)CC(=O)OC. The van der Waals surface area contributed by atoms with Crippen molar-refractivity contribution in [1.82, 2.24) is 0 Å². The Labute approximate surface area is 99.3 Å². The molecule has 0 radical (unpaired) electrons. The van der Waals surface area contributed by atoms with Gasteiger partial charge in [-0.2, -0.15) is 0 Å². The first-order chi connectivity index (χ1) is 7.99. The fourth-order valence-electron chi connectivity index (χ4n) is 1.01. The lowest BCUT2D eigenvalue weighted by Gasteiger charge is -2.12. The van der Waals surface area contributed by atoms with Crippen LogP contribution in [0.4, 0.5) is 0 Å². The third-order valence-corrected chi connectivity index (χ3v) is 1.88. The van der Waals surface area contributed by atoms with E-state index >= 15 is 0 Å². The largest absolute Gasteiger partial charge is 0.469 e. The van der Waals surface area contributed by atoms with Gasteiger partial charge in [0.1, 0.15) is 0 Å². The summed E-state index contributed by atoms with van der Waals surface area (Å²) in [5.41, 5.74) is 0. The highest BCUT2D eigenvalue weighted by Gasteiger charge is 2.14. The Hall–Kier alpha value is -1.18. The lowest BCUT2D eigenvalue weighted by Crippen LogP contribution is -2.25. The highest BCUT2D eigenvalue weighted by molar-refractivity contribution is 5.70. The first kappa shape index (κ1) is 15.8. The van der Waals surface area contributed by atoms with Crippen molar-refractivity contribution in [3.8, 4) is 0 Å². The van der Waals surface area contributed by atoms with Crippen LogP contribution in [0.25, 0.3) is 0 Å². The van der Waals surface area contributed by atoms with Crippen molar-refractivity contribution in [2.24, 2.45) is 0 Å².